The number of ether oxygens (including phenoxy) is 1. The minimum Gasteiger partial charge on any atom is -0.480 e. The van der Waals surface area contributed by atoms with Gasteiger partial charge in [0.2, 0.25) is 0 Å². The zero-order valence-electron chi connectivity index (χ0n) is 19.3. The van der Waals surface area contributed by atoms with Crippen molar-refractivity contribution in [1.82, 2.24) is 5.32 Å². The van der Waals surface area contributed by atoms with E-state index in [4.69, 9.17) is 16.3 Å². The highest BCUT2D eigenvalue weighted by Gasteiger charge is 2.33. The van der Waals surface area contributed by atoms with Crippen LogP contribution in [0.3, 0.4) is 0 Å². The first-order chi connectivity index (χ1) is 16.7. The molecule has 4 rings (SSSR count). The summed E-state index contributed by atoms with van der Waals surface area (Å²) in [5, 5.41) is 14.6. The molecule has 3 aromatic carbocycles. The van der Waals surface area contributed by atoms with E-state index >= 15 is 0 Å². The lowest BCUT2D eigenvalue weighted by atomic mass is 9.98. The van der Waals surface area contributed by atoms with Crippen molar-refractivity contribution in [3.63, 3.8) is 0 Å². The second-order valence-corrected chi connectivity index (χ2v) is 9.00. The minimum atomic E-state index is -1.40. The lowest BCUT2D eigenvalue weighted by molar-refractivity contribution is -0.143. The highest BCUT2D eigenvalue weighted by molar-refractivity contribution is 6.34. The van der Waals surface area contributed by atoms with Crippen LogP contribution in [-0.4, -0.2) is 35.2 Å². The van der Waals surface area contributed by atoms with Gasteiger partial charge in [0.05, 0.1) is 10.7 Å². The van der Waals surface area contributed by atoms with E-state index in [2.05, 4.69) is 22.8 Å². The maximum Gasteiger partial charge on any atom is 0.411 e. The predicted octanol–water partition coefficient (Wildman–Crippen LogP) is 5.68. The number of carboxylic acid groups (broad SMARTS) is 1. The number of hydrogen-bond acceptors (Lipinski definition) is 4. The molecular formula is C27H25ClN2O5. The second kappa shape index (κ2) is 9.80. The van der Waals surface area contributed by atoms with Gasteiger partial charge in [-0.05, 0) is 53.8 Å². The highest BCUT2D eigenvalue weighted by atomic mass is 35.5. The van der Waals surface area contributed by atoms with E-state index in [1.54, 1.807) is 6.92 Å². The average Bonchev–Trinajstić information content (AvgIpc) is 3.17. The third-order valence-electron chi connectivity index (χ3n) is 6.38. The van der Waals surface area contributed by atoms with E-state index in [1.165, 1.54) is 25.1 Å². The summed E-state index contributed by atoms with van der Waals surface area (Å²) in [4.78, 5) is 36.5. The molecule has 0 saturated carbocycles. The maximum absolute atomic E-state index is 12.5. The minimum absolute atomic E-state index is 0.0724. The largest absolute Gasteiger partial charge is 0.480 e. The molecular weight excluding hydrogens is 468 g/mol. The lowest BCUT2D eigenvalue weighted by Crippen LogP contribution is -2.51. The third kappa shape index (κ3) is 4.86. The zero-order chi connectivity index (χ0) is 25.2. The zero-order valence-corrected chi connectivity index (χ0v) is 20.1. The molecule has 3 aromatic rings. The number of hydrogen-bond donors (Lipinski definition) is 3. The topological polar surface area (TPSA) is 105 Å². The molecule has 0 aromatic heterocycles. The molecule has 7 nitrogen and oxygen atoms in total. The molecule has 0 fully saturated rings. The van der Waals surface area contributed by atoms with Gasteiger partial charge in [-0.25, -0.2) is 9.59 Å². The van der Waals surface area contributed by atoms with Crippen molar-refractivity contribution in [1.29, 1.82) is 0 Å². The second-order valence-electron chi connectivity index (χ2n) is 8.59. The Labute approximate surface area is 208 Å². The van der Waals surface area contributed by atoms with Crippen LogP contribution in [0.2, 0.25) is 5.02 Å². The first-order valence-corrected chi connectivity index (χ1v) is 11.6. The smallest absolute Gasteiger partial charge is 0.411 e. The number of fused-ring (bicyclic) bond motifs is 3. The summed E-state index contributed by atoms with van der Waals surface area (Å²) in [6.45, 7) is 3.26. The predicted molar refractivity (Wildman–Crippen MR) is 134 cm³/mol. The summed E-state index contributed by atoms with van der Waals surface area (Å²) in [5.74, 6) is -1.78. The molecule has 0 spiro atoms. The van der Waals surface area contributed by atoms with E-state index in [0.29, 0.717) is 0 Å². The number of aliphatic carboxylic acids is 1. The van der Waals surface area contributed by atoms with Crippen molar-refractivity contribution in [2.45, 2.75) is 31.7 Å². The normalized spacial score (nSPS) is 13.8. The quantitative estimate of drug-likeness (QED) is 0.393. The number of carbonyl (C=O) groups is 3. The van der Waals surface area contributed by atoms with Crippen LogP contribution in [0.25, 0.3) is 11.1 Å². The van der Waals surface area contributed by atoms with Crippen molar-refractivity contribution < 1.29 is 24.2 Å². The van der Waals surface area contributed by atoms with Crippen LogP contribution in [0.4, 0.5) is 10.5 Å². The summed E-state index contributed by atoms with van der Waals surface area (Å²) in [7, 11) is 0. The number of benzene rings is 3. The Morgan fingerprint density at radius 1 is 1.00 bits per heavy atom. The van der Waals surface area contributed by atoms with E-state index in [0.717, 1.165) is 22.3 Å². The van der Waals surface area contributed by atoms with Crippen LogP contribution in [0.1, 0.15) is 47.7 Å². The number of halogens is 1. The van der Waals surface area contributed by atoms with Gasteiger partial charge in [-0.1, -0.05) is 67.1 Å². The monoisotopic (exact) mass is 492 g/mol. The van der Waals surface area contributed by atoms with Crippen molar-refractivity contribution in [3.05, 3.63) is 88.4 Å². The van der Waals surface area contributed by atoms with Gasteiger partial charge in [0.15, 0.2) is 0 Å². The van der Waals surface area contributed by atoms with Crippen LogP contribution in [0.15, 0.2) is 66.7 Å². The SMILES string of the molecule is CCC(C)(NC(=O)c1ccc(NC(=O)OCC2c3ccccc3-c3ccccc32)c(Cl)c1)C(=O)O. The fourth-order valence-corrected chi connectivity index (χ4v) is 4.35. The number of carbonyl (C=O) groups excluding carboxylic acids is 2. The van der Waals surface area contributed by atoms with E-state index in [9.17, 15) is 19.5 Å². The Hall–Kier alpha value is -3.84. The van der Waals surface area contributed by atoms with Crippen LogP contribution >= 0.6 is 11.6 Å². The maximum atomic E-state index is 12.5. The van der Waals surface area contributed by atoms with Crippen LogP contribution in [0, 0.1) is 0 Å². The van der Waals surface area contributed by atoms with Crippen LogP contribution < -0.4 is 10.6 Å². The van der Waals surface area contributed by atoms with Gasteiger partial charge in [0, 0.05) is 11.5 Å². The number of amides is 2. The van der Waals surface area contributed by atoms with Crippen molar-refractivity contribution >= 4 is 35.3 Å². The van der Waals surface area contributed by atoms with E-state index in [-0.39, 0.29) is 35.2 Å². The van der Waals surface area contributed by atoms with Gasteiger partial charge in [0.25, 0.3) is 5.91 Å². The molecule has 1 atom stereocenters. The molecule has 0 heterocycles. The van der Waals surface area contributed by atoms with Gasteiger partial charge in [0.1, 0.15) is 12.1 Å². The fourth-order valence-electron chi connectivity index (χ4n) is 4.12. The van der Waals surface area contributed by atoms with Crippen LogP contribution in [0.5, 0.6) is 0 Å². The molecule has 0 bridgehead atoms. The third-order valence-corrected chi connectivity index (χ3v) is 6.69. The molecule has 0 saturated heterocycles. The van der Waals surface area contributed by atoms with Crippen LogP contribution in [-0.2, 0) is 9.53 Å². The Morgan fingerprint density at radius 3 is 2.14 bits per heavy atom. The van der Waals surface area contributed by atoms with Crippen molar-refractivity contribution in [3.8, 4) is 11.1 Å². The number of nitrogens with one attached hydrogen (secondary N) is 2. The summed E-state index contributed by atoms with van der Waals surface area (Å²) in [5.41, 5.74) is 3.53. The molecule has 1 aliphatic rings. The lowest BCUT2D eigenvalue weighted by Gasteiger charge is -2.24. The number of carboxylic acids is 1. The Kier molecular flexibility index (Phi) is 6.80. The highest BCUT2D eigenvalue weighted by Crippen LogP contribution is 2.44. The standard InChI is InChI=1S/C27H25ClN2O5/c1-3-27(2,25(32)33)30-24(31)16-12-13-23(22(28)14-16)29-26(34)35-15-21-19-10-6-4-8-17(19)18-9-5-7-11-20(18)21/h4-14,21H,3,15H2,1-2H3,(H,29,34)(H,30,31)(H,32,33). The summed E-state index contributed by atoms with van der Waals surface area (Å²) in [6.07, 6.45) is -0.459. The summed E-state index contributed by atoms with van der Waals surface area (Å²) >= 11 is 6.28. The molecule has 2 amide bonds. The average molecular weight is 493 g/mol. The van der Waals surface area contributed by atoms with E-state index in [1.807, 2.05) is 36.4 Å². The molecule has 1 unspecified atom stereocenters. The fraction of sp³-hybridized carbons (Fsp3) is 0.222. The van der Waals surface area contributed by atoms with Crippen molar-refractivity contribution in [2.24, 2.45) is 0 Å². The Bertz CT molecular complexity index is 1260. The Balaban J connectivity index is 1.41. The first-order valence-electron chi connectivity index (χ1n) is 11.2. The molecule has 8 heteroatoms. The van der Waals surface area contributed by atoms with Crippen molar-refractivity contribution in [2.75, 3.05) is 11.9 Å². The van der Waals surface area contributed by atoms with Gasteiger partial charge in [-0.2, -0.15) is 0 Å². The molecule has 180 valence electrons. The van der Waals surface area contributed by atoms with E-state index < -0.39 is 23.5 Å². The summed E-state index contributed by atoms with van der Waals surface area (Å²) < 4.78 is 5.53. The Morgan fingerprint density at radius 2 is 1.60 bits per heavy atom. The number of anilines is 1. The first kappa shape index (κ1) is 24.3. The molecule has 0 aliphatic heterocycles. The van der Waals surface area contributed by atoms with Gasteiger partial charge in [-0.15, -0.1) is 0 Å². The summed E-state index contributed by atoms with van der Waals surface area (Å²) in [6, 6.07) is 20.4. The van der Waals surface area contributed by atoms with Gasteiger partial charge in [-0.3, -0.25) is 10.1 Å². The van der Waals surface area contributed by atoms with Gasteiger partial charge >= 0.3 is 12.1 Å². The molecule has 1 aliphatic carbocycles. The number of rotatable bonds is 7. The molecule has 3 N–H and O–H groups in total. The van der Waals surface area contributed by atoms with Gasteiger partial charge < -0.3 is 15.2 Å². The molecule has 35 heavy (non-hydrogen) atoms. The molecule has 0 radical (unpaired) electrons.